The third-order valence-corrected chi connectivity index (χ3v) is 8.42. The fourth-order valence-corrected chi connectivity index (χ4v) is 6.67. The number of hydrogen-bond acceptors (Lipinski definition) is 7. The molecule has 0 amide bonds. The largest absolute Gasteiger partial charge is 0.489 e. The zero-order valence-corrected chi connectivity index (χ0v) is 19.8. The molecule has 3 aromatic rings. The highest BCUT2D eigenvalue weighted by atomic mass is 31.1. The topological polar surface area (TPSA) is 72.4 Å². The lowest BCUT2D eigenvalue weighted by Crippen LogP contribution is -2.32. The van der Waals surface area contributed by atoms with Crippen molar-refractivity contribution < 1.29 is 22.6 Å². The maximum Gasteiger partial charge on any atom is 0.419 e. The second kappa shape index (κ2) is 9.15. The number of halogens is 3. The van der Waals surface area contributed by atoms with Crippen molar-refractivity contribution in [3.05, 3.63) is 41.1 Å². The first-order chi connectivity index (χ1) is 16.3. The van der Waals surface area contributed by atoms with Crippen LogP contribution in [0.4, 0.5) is 19.0 Å². The van der Waals surface area contributed by atoms with Gasteiger partial charge in [-0.15, -0.1) is 0 Å². The summed E-state index contributed by atoms with van der Waals surface area (Å²) >= 11 is 0. The quantitative estimate of drug-likeness (QED) is 0.520. The van der Waals surface area contributed by atoms with Crippen LogP contribution < -0.4 is 20.2 Å². The molecule has 5 rings (SSSR count). The number of para-hydroxylation sites is 1. The summed E-state index contributed by atoms with van der Waals surface area (Å²) in [5.41, 5.74) is 2.11. The molecule has 1 saturated heterocycles. The fraction of sp³-hybridized carbons (Fsp3) is 0.435. The molecule has 34 heavy (non-hydrogen) atoms. The minimum absolute atomic E-state index is 0.0138. The molecule has 0 aliphatic carbocycles. The van der Waals surface area contributed by atoms with E-state index in [0.717, 1.165) is 48.0 Å². The number of ether oxygens (including phenoxy) is 2. The molecule has 2 bridgehead atoms. The number of anilines is 1. The van der Waals surface area contributed by atoms with Gasteiger partial charge in [0.25, 0.3) is 0 Å². The summed E-state index contributed by atoms with van der Waals surface area (Å²) in [6.07, 6.45) is -2.36. The molecule has 1 aromatic carbocycles. The Balaban J connectivity index is 1.56. The van der Waals surface area contributed by atoms with Crippen molar-refractivity contribution in [2.75, 3.05) is 51.0 Å². The summed E-state index contributed by atoms with van der Waals surface area (Å²) < 4.78 is 51.9. The Morgan fingerprint density at radius 1 is 1.06 bits per heavy atom. The van der Waals surface area contributed by atoms with Crippen LogP contribution in [0.3, 0.4) is 0 Å². The van der Waals surface area contributed by atoms with E-state index in [1.54, 1.807) is 6.07 Å². The number of aromatic nitrogens is 3. The molecule has 2 aliphatic heterocycles. The predicted molar refractivity (Wildman–Crippen MR) is 126 cm³/mol. The van der Waals surface area contributed by atoms with Crippen LogP contribution in [0.1, 0.15) is 16.8 Å². The monoisotopic (exact) mass is 491 g/mol. The van der Waals surface area contributed by atoms with Gasteiger partial charge in [-0.05, 0) is 38.4 Å². The molecule has 1 N–H and O–H groups in total. The third-order valence-electron chi connectivity index (χ3n) is 6.06. The summed E-state index contributed by atoms with van der Waals surface area (Å²) in [5, 5.41) is 4.01. The highest BCUT2D eigenvalue weighted by Crippen LogP contribution is 2.40. The van der Waals surface area contributed by atoms with Crippen molar-refractivity contribution in [3.63, 3.8) is 0 Å². The lowest BCUT2D eigenvalue weighted by Gasteiger charge is -2.29. The Morgan fingerprint density at radius 2 is 1.82 bits per heavy atom. The van der Waals surface area contributed by atoms with Crippen LogP contribution in [-0.4, -0.2) is 65.5 Å². The van der Waals surface area contributed by atoms with E-state index in [9.17, 15) is 13.2 Å². The molecule has 1 fully saturated rings. The Morgan fingerprint density at radius 3 is 2.59 bits per heavy atom. The second-order valence-electron chi connectivity index (χ2n) is 8.45. The molecule has 0 spiro atoms. The zero-order chi connectivity index (χ0) is 23.9. The van der Waals surface area contributed by atoms with Crippen LogP contribution in [0.15, 0.2) is 24.3 Å². The van der Waals surface area contributed by atoms with E-state index in [2.05, 4.69) is 27.2 Å². The first-order valence-corrected chi connectivity index (χ1v) is 12.8. The smallest absolute Gasteiger partial charge is 0.419 e. The van der Waals surface area contributed by atoms with E-state index in [4.69, 9.17) is 14.5 Å². The van der Waals surface area contributed by atoms with Gasteiger partial charge in [0.15, 0.2) is 0 Å². The molecule has 4 heterocycles. The van der Waals surface area contributed by atoms with Gasteiger partial charge in [-0.2, -0.15) is 23.1 Å². The molecule has 2 aliphatic rings. The van der Waals surface area contributed by atoms with Crippen LogP contribution in [0, 0.1) is 6.92 Å². The molecule has 0 saturated carbocycles. The van der Waals surface area contributed by atoms with Crippen molar-refractivity contribution in [2.45, 2.75) is 19.6 Å². The van der Waals surface area contributed by atoms with Crippen molar-refractivity contribution in [1.82, 2.24) is 19.9 Å². The average Bonchev–Trinajstić information content (AvgIpc) is 2.83. The third kappa shape index (κ3) is 4.61. The molecule has 7 nitrogen and oxygen atoms in total. The number of alkyl halides is 3. The number of hydrogen-bond donors (Lipinski definition) is 1. The normalized spacial score (nSPS) is 17.8. The summed E-state index contributed by atoms with van der Waals surface area (Å²) in [5.74, 6) is 0.327. The van der Waals surface area contributed by atoms with Crippen molar-refractivity contribution in [3.8, 4) is 11.8 Å². The minimum atomic E-state index is -4.52. The minimum Gasteiger partial charge on any atom is -0.489 e. The first-order valence-electron chi connectivity index (χ1n) is 11.1. The van der Waals surface area contributed by atoms with Crippen molar-refractivity contribution in [2.24, 2.45) is 0 Å². The molecule has 180 valence electrons. The predicted octanol–water partition coefficient (Wildman–Crippen LogP) is 3.79. The van der Waals surface area contributed by atoms with Crippen LogP contribution in [0.2, 0.25) is 0 Å². The summed E-state index contributed by atoms with van der Waals surface area (Å²) in [7, 11) is 1.74. The van der Waals surface area contributed by atoms with E-state index >= 15 is 0 Å². The van der Waals surface area contributed by atoms with Crippen LogP contribution >= 0.6 is 7.92 Å². The molecule has 0 unspecified atom stereocenters. The van der Waals surface area contributed by atoms with E-state index in [1.165, 1.54) is 6.07 Å². The number of aryl methyl sites for hydroxylation is 1. The van der Waals surface area contributed by atoms with Gasteiger partial charge in [0, 0.05) is 30.6 Å². The van der Waals surface area contributed by atoms with Gasteiger partial charge in [-0.1, -0.05) is 20.1 Å². The van der Waals surface area contributed by atoms with Gasteiger partial charge in [0.2, 0.25) is 0 Å². The van der Waals surface area contributed by atoms with Gasteiger partial charge >= 0.3 is 12.2 Å². The van der Waals surface area contributed by atoms with E-state index in [1.807, 2.05) is 13.0 Å². The van der Waals surface area contributed by atoms with Crippen molar-refractivity contribution in [1.29, 1.82) is 0 Å². The lowest BCUT2D eigenvalue weighted by molar-refractivity contribution is -0.139. The Labute approximate surface area is 196 Å². The standard InChI is InChI=1S/C23H25F3N5O2P/c1-14-19-16(12-18(28-14)34-10-6-31(2)7-11-34)21-27-13-15-4-3-5-17(23(24,25)26)20(15)32-8-9-33-22(29-19)30-21/h3-5,12H,6-11,13H2,1-2H3,(H,27,29,30). The van der Waals surface area contributed by atoms with Crippen molar-refractivity contribution >= 4 is 30.1 Å². The number of nitrogens with zero attached hydrogens (tertiary/aromatic N) is 4. The van der Waals surface area contributed by atoms with Gasteiger partial charge in [-0.25, -0.2) is 0 Å². The second-order valence-corrected chi connectivity index (χ2v) is 10.9. The van der Waals surface area contributed by atoms with Gasteiger partial charge in [0.1, 0.15) is 30.3 Å². The van der Waals surface area contributed by atoms with Gasteiger partial charge in [-0.3, -0.25) is 4.98 Å². The summed E-state index contributed by atoms with van der Waals surface area (Å²) in [6, 6.07) is 6.22. The number of nitrogens with one attached hydrogen (secondary N) is 1. The molecular weight excluding hydrogens is 466 g/mol. The maximum atomic E-state index is 13.6. The number of rotatable bonds is 1. The highest BCUT2D eigenvalue weighted by molar-refractivity contribution is 7.65. The van der Waals surface area contributed by atoms with Crippen LogP contribution in [0.5, 0.6) is 11.8 Å². The number of pyridine rings is 1. The maximum absolute atomic E-state index is 13.6. The molecule has 2 aromatic heterocycles. The Bertz CT molecular complexity index is 1220. The first kappa shape index (κ1) is 23.1. The van der Waals surface area contributed by atoms with Crippen LogP contribution in [0.25, 0.3) is 10.9 Å². The SMILES string of the molecule is Cc1nc(P2CCN(C)CC2)cc2c3nc(nc12)OCCOc1c(cccc1C(F)(F)F)CN3. The number of fused-ring (bicyclic) bond motifs is 5. The van der Waals surface area contributed by atoms with Gasteiger partial charge in [0.05, 0.1) is 16.7 Å². The number of benzene rings is 1. The van der Waals surface area contributed by atoms with E-state index in [0.29, 0.717) is 16.9 Å². The Kier molecular flexibility index (Phi) is 6.20. The molecule has 0 radical (unpaired) electrons. The Hall–Kier alpha value is -2.71. The average molecular weight is 491 g/mol. The van der Waals surface area contributed by atoms with Gasteiger partial charge < -0.3 is 19.7 Å². The summed E-state index contributed by atoms with van der Waals surface area (Å²) in [6.45, 7) is 4.06. The molecule has 0 atom stereocenters. The lowest BCUT2D eigenvalue weighted by atomic mass is 10.1. The molecular formula is C23H25F3N5O2P. The van der Waals surface area contributed by atoms with Crippen LogP contribution in [-0.2, 0) is 12.7 Å². The fourth-order valence-electron chi connectivity index (χ4n) is 4.22. The zero-order valence-electron chi connectivity index (χ0n) is 18.9. The van der Waals surface area contributed by atoms with E-state index in [-0.39, 0.29) is 39.4 Å². The van der Waals surface area contributed by atoms with E-state index < -0.39 is 11.7 Å². The summed E-state index contributed by atoms with van der Waals surface area (Å²) in [4.78, 5) is 16.3. The highest BCUT2D eigenvalue weighted by Gasteiger charge is 2.35. The molecule has 11 heteroatoms.